The van der Waals surface area contributed by atoms with E-state index in [0.29, 0.717) is 28.0 Å². The average Bonchev–Trinajstić information content (AvgIpc) is 3.08. The normalized spacial score (nSPS) is 16.6. The maximum atomic E-state index is 12.9. The van der Waals surface area contributed by atoms with E-state index in [1.165, 1.54) is 29.2 Å². The summed E-state index contributed by atoms with van der Waals surface area (Å²) in [5, 5.41) is 0.528. The number of hydrogen-bond donors (Lipinski definition) is 0. The van der Waals surface area contributed by atoms with Crippen LogP contribution in [0.4, 0.5) is 0 Å². The van der Waals surface area contributed by atoms with Crippen LogP contribution in [0.15, 0.2) is 56.7 Å². The fourth-order valence-corrected chi connectivity index (χ4v) is 5.36. The standard InChI is InChI=1S/C23H25ClN2O5S2/c1-4-6-13-31-19-12-7-16(14-20(19)30-3)15-21-22(27)26(5-2)23(32-21)25-33(28,29)18-10-8-17(24)9-11-18/h7-12,14-15H,4-6,13H2,1-3H3. The molecule has 1 amide bonds. The molecule has 0 spiro atoms. The zero-order chi connectivity index (χ0) is 24.0. The first-order valence-corrected chi connectivity index (χ1v) is 13.0. The molecule has 1 fully saturated rings. The van der Waals surface area contributed by atoms with Crippen LogP contribution in [0.5, 0.6) is 11.5 Å². The number of hydrogen-bond acceptors (Lipinski definition) is 6. The van der Waals surface area contributed by atoms with Crippen molar-refractivity contribution in [2.45, 2.75) is 31.6 Å². The van der Waals surface area contributed by atoms with E-state index < -0.39 is 10.0 Å². The molecular weight excluding hydrogens is 484 g/mol. The van der Waals surface area contributed by atoms with Gasteiger partial charge in [-0.25, -0.2) is 0 Å². The van der Waals surface area contributed by atoms with Crippen molar-refractivity contribution in [2.24, 2.45) is 4.40 Å². The number of ether oxygens (including phenoxy) is 2. The molecule has 0 bridgehead atoms. The Labute approximate surface area is 203 Å². The van der Waals surface area contributed by atoms with Gasteiger partial charge in [-0.2, -0.15) is 8.42 Å². The highest BCUT2D eigenvalue weighted by atomic mass is 35.5. The average molecular weight is 509 g/mol. The maximum absolute atomic E-state index is 12.9. The summed E-state index contributed by atoms with van der Waals surface area (Å²) in [4.78, 5) is 14.6. The summed E-state index contributed by atoms with van der Waals surface area (Å²) in [7, 11) is -2.44. The molecule has 176 valence electrons. The Balaban J connectivity index is 1.89. The highest BCUT2D eigenvalue weighted by Gasteiger charge is 2.34. The minimum Gasteiger partial charge on any atom is -0.493 e. The number of unbranched alkanes of at least 4 members (excludes halogenated alkanes) is 1. The van der Waals surface area contributed by atoms with Crippen molar-refractivity contribution in [1.29, 1.82) is 0 Å². The van der Waals surface area contributed by atoms with E-state index >= 15 is 0 Å². The van der Waals surface area contributed by atoms with Crippen LogP contribution in [-0.4, -0.2) is 44.7 Å². The third-order valence-electron chi connectivity index (χ3n) is 4.75. The lowest BCUT2D eigenvalue weighted by Gasteiger charge is -2.12. The molecule has 1 aliphatic heterocycles. The van der Waals surface area contributed by atoms with Crippen LogP contribution in [0.25, 0.3) is 6.08 Å². The molecule has 0 radical (unpaired) electrons. The number of halogens is 1. The van der Waals surface area contributed by atoms with Gasteiger partial charge in [0, 0.05) is 11.6 Å². The van der Waals surface area contributed by atoms with Crippen LogP contribution >= 0.6 is 23.4 Å². The number of methoxy groups -OCH3 is 1. The van der Waals surface area contributed by atoms with E-state index in [1.807, 2.05) is 6.07 Å². The van der Waals surface area contributed by atoms with E-state index in [9.17, 15) is 13.2 Å². The van der Waals surface area contributed by atoms with Crippen molar-refractivity contribution >= 4 is 50.5 Å². The summed E-state index contributed by atoms with van der Waals surface area (Å²) in [5.41, 5.74) is 0.725. The third-order valence-corrected chi connectivity index (χ3v) is 7.41. The van der Waals surface area contributed by atoms with E-state index in [4.69, 9.17) is 21.1 Å². The summed E-state index contributed by atoms with van der Waals surface area (Å²) >= 11 is 6.86. The number of amidine groups is 1. The van der Waals surface area contributed by atoms with E-state index in [2.05, 4.69) is 11.3 Å². The number of nitrogens with zero attached hydrogens (tertiary/aromatic N) is 2. The summed E-state index contributed by atoms with van der Waals surface area (Å²) in [6, 6.07) is 11.1. The molecule has 33 heavy (non-hydrogen) atoms. The van der Waals surface area contributed by atoms with Gasteiger partial charge in [0.1, 0.15) is 0 Å². The van der Waals surface area contributed by atoms with E-state index in [0.717, 1.165) is 30.2 Å². The fraction of sp³-hybridized carbons (Fsp3) is 0.304. The predicted molar refractivity (Wildman–Crippen MR) is 132 cm³/mol. The number of carbonyl (C=O) groups is 1. The molecule has 0 aromatic heterocycles. The molecule has 10 heteroatoms. The molecule has 1 heterocycles. The van der Waals surface area contributed by atoms with Crippen LogP contribution in [0.3, 0.4) is 0 Å². The van der Waals surface area contributed by atoms with E-state index in [-0.39, 0.29) is 22.5 Å². The lowest BCUT2D eigenvalue weighted by Crippen LogP contribution is -2.29. The Hall–Kier alpha value is -2.49. The Kier molecular flexibility index (Phi) is 8.45. The summed E-state index contributed by atoms with van der Waals surface area (Å²) in [5.74, 6) is 0.877. The molecule has 0 aliphatic carbocycles. The van der Waals surface area contributed by atoms with Crippen LogP contribution in [0, 0.1) is 0 Å². The Morgan fingerprint density at radius 2 is 1.85 bits per heavy atom. The molecule has 0 unspecified atom stereocenters. The SMILES string of the molecule is CCCCOc1ccc(C=C2SC(=NS(=O)(=O)c3ccc(Cl)cc3)N(CC)C2=O)cc1OC. The van der Waals surface area contributed by atoms with Gasteiger partial charge in [-0.3, -0.25) is 9.69 Å². The third kappa shape index (κ3) is 6.10. The second-order valence-electron chi connectivity index (χ2n) is 7.08. The van der Waals surface area contributed by atoms with Crippen molar-refractivity contribution in [3.63, 3.8) is 0 Å². The number of carbonyl (C=O) groups excluding carboxylic acids is 1. The topological polar surface area (TPSA) is 85.3 Å². The van der Waals surface area contributed by atoms with Gasteiger partial charge in [-0.05, 0) is 73.1 Å². The predicted octanol–water partition coefficient (Wildman–Crippen LogP) is 5.21. The van der Waals surface area contributed by atoms with Gasteiger partial charge in [0.2, 0.25) is 0 Å². The second-order valence-corrected chi connectivity index (χ2v) is 10.1. The van der Waals surface area contributed by atoms with Crippen molar-refractivity contribution in [1.82, 2.24) is 4.90 Å². The second kappa shape index (κ2) is 11.1. The number of thioether (sulfide) groups is 1. The highest BCUT2D eigenvalue weighted by molar-refractivity contribution is 8.19. The number of benzene rings is 2. The molecule has 7 nitrogen and oxygen atoms in total. The number of amides is 1. The first-order chi connectivity index (χ1) is 15.8. The van der Waals surface area contributed by atoms with Gasteiger partial charge in [0.25, 0.3) is 15.9 Å². The van der Waals surface area contributed by atoms with Crippen molar-refractivity contribution in [3.8, 4) is 11.5 Å². The van der Waals surface area contributed by atoms with Crippen molar-refractivity contribution in [2.75, 3.05) is 20.3 Å². The van der Waals surface area contributed by atoms with Crippen molar-refractivity contribution in [3.05, 3.63) is 58.0 Å². The van der Waals surface area contributed by atoms with Crippen LogP contribution < -0.4 is 9.47 Å². The van der Waals surface area contributed by atoms with Gasteiger partial charge in [0.05, 0.1) is 23.5 Å². The minimum absolute atomic E-state index is 0.00401. The molecule has 2 aromatic rings. The molecule has 0 N–H and O–H groups in total. The molecular formula is C23H25ClN2O5S2. The van der Waals surface area contributed by atoms with Gasteiger partial charge < -0.3 is 9.47 Å². The Morgan fingerprint density at radius 3 is 2.48 bits per heavy atom. The molecule has 1 aliphatic rings. The Bertz CT molecular complexity index is 1180. The van der Waals surface area contributed by atoms with Crippen LogP contribution in [0.1, 0.15) is 32.3 Å². The summed E-state index contributed by atoms with van der Waals surface area (Å²) < 4.78 is 40.6. The number of sulfonamides is 1. The smallest absolute Gasteiger partial charge is 0.284 e. The molecule has 0 saturated carbocycles. The fourth-order valence-electron chi connectivity index (χ4n) is 2.99. The first kappa shape index (κ1) is 25.1. The zero-order valence-corrected chi connectivity index (χ0v) is 21.0. The minimum atomic E-state index is -4.00. The first-order valence-electron chi connectivity index (χ1n) is 10.4. The van der Waals surface area contributed by atoms with Crippen LogP contribution in [0.2, 0.25) is 5.02 Å². The van der Waals surface area contributed by atoms with Crippen LogP contribution in [-0.2, 0) is 14.8 Å². The molecule has 3 rings (SSSR count). The number of likely N-dealkylation sites (N-methyl/N-ethyl adjacent to an activating group) is 1. The van der Waals surface area contributed by atoms with Gasteiger partial charge in [-0.1, -0.05) is 31.0 Å². The number of rotatable bonds is 9. The lowest BCUT2D eigenvalue weighted by atomic mass is 10.2. The Morgan fingerprint density at radius 1 is 1.12 bits per heavy atom. The zero-order valence-electron chi connectivity index (χ0n) is 18.6. The largest absolute Gasteiger partial charge is 0.493 e. The van der Waals surface area contributed by atoms with Gasteiger partial charge in [-0.15, -0.1) is 4.40 Å². The van der Waals surface area contributed by atoms with Gasteiger partial charge in [0.15, 0.2) is 16.7 Å². The van der Waals surface area contributed by atoms with E-state index in [1.54, 1.807) is 32.2 Å². The van der Waals surface area contributed by atoms with Crippen molar-refractivity contribution < 1.29 is 22.7 Å². The highest BCUT2D eigenvalue weighted by Crippen LogP contribution is 2.35. The lowest BCUT2D eigenvalue weighted by molar-refractivity contribution is -0.122. The monoisotopic (exact) mass is 508 g/mol. The molecule has 1 saturated heterocycles. The quantitative estimate of drug-likeness (QED) is 0.341. The summed E-state index contributed by atoms with van der Waals surface area (Å²) in [6.45, 7) is 4.72. The maximum Gasteiger partial charge on any atom is 0.284 e. The molecule has 0 atom stereocenters. The summed E-state index contributed by atoms with van der Waals surface area (Å²) in [6.07, 6.45) is 3.65. The molecule has 2 aromatic carbocycles. The van der Waals surface area contributed by atoms with Gasteiger partial charge >= 0.3 is 0 Å².